The normalized spacial score (nSPS) is 12.2. The van der Waals surface area contributed by atoms with Crippen LogP contribution in [-0.4, -0.2) is 35.9 Å². The lowest BCUT2D eigenvalue weighted by atomic mass is 10.1. The molecular weight excluding hydrogens is 369 g/mol. The Morgan fingerprint density at radius 1 is 1.26 bits per heavy atom. The number of hydrogen-bond acceptors (Lipinski definition) is 5. The van der Waals surface area contributed by atoms with Crippen LogP contribution in [0.15, 0.2) is 18.2 Å². The summed E-state index contributed by atoms with van der Waals surface area (Å²) in [6.07, 6.45) is -4.07. The van der Waals surface area contributed by atoms with E-state index in [0.29, 0.717) is 12.6 Å². The molecule has 0 aliphatic heterocycles. The molecule has 0 aliphatic rings. The molecule has 0 radical (unpaired) electrons. The van der Waals surface area contributed by atoms with E-state index in [1.807, 2.05) is 6.92 Å². The number of nitro benzene ring substituents is 1. The highest BCUT2D eigenvalue weighted by molar-refractivity contribution is 5.87. The minimum atomic E-state index is -4.70. The van der Waals surface area contributed by atoms with Crippen molar-refractivity contribution in [2.75, 3.05) is 18.4 Å². The zero-order chi connectivity index (χ0) is 20.6. The number of rotatable bonds is 9. The molecule has 0 spiro atoms. The van der Waals surface area contributed by atoms with Crippen LogP contribution in [0.3, 0.4) is 0 Å². The third-order valence-electron chi connectivity index (χ3n) is 3.51. The SMILES string of the molecule is CCCNC(=O)[C@@H](C)NC(=O)CCNc1ccc(C(F)(F)F)cc1[N+](=O)[O-]. The number of halogens is 3. The van der Waals surface area contributed by atoms with Gasteiger partial charge in [-0.15, -0.1) is 0 Å². The molecule has 0 bridgehead atoms. The first-order valence-corrected chi connectivity index (χ1v) is 8.22. The Hall–Kier alpha value is -2.85. The van der Waals surface area contributed by atoms with Crippen molar-refractivity contribution in [1.29, 1.82) is 0 Å². The molecule has 1 atom stereocenters. The lowest BCUT2D eigenvalue weighted by Gasteiger charge is -2.14. The number of carbonyl (C=O) groups excluding carboxylic acids is 2. The summed E-state index contributed by atoms with van der Waals surface area (Å²) in [5.74, 6) is -0.812. The van der Waals surface area contributed by atoms with E-state index < -0.39 is 34.3 Å². The maximum absolute atomic E-state index is 12.7. The second-order valence-electron chi connectivity index (χ2n) is 5.74. The molecule has 8 nitrogen and oxygen atoms in total. The minimum absolute atomic E-state index is 0.0542. The largest absolute Gasteiger partial charge is 0.416 e. The number of amides is 2. The van der Waals surface area contributed by atoms with Crippen molar-refractivity contribution in [3.63, 3.8) is 0 Å². The number of alkyl halides is 3. The molecule has 0 saturated carbocycles. The number of nitro groups is 1. The van der Waals surface area contributed by atoms with E-state index in [1.165, 1.54) is 6.92 Å². The predicted octanol–water partition coefficient (Wildman–Crippen LogP) is 2.45. The Bertz CT molecular complexity index is 695. The van der Waals surface area contributed by atoms with Crippen LogP contribution in [0, 0.1) is 10.1 Å². The summed E-state index contributed by atoms with van der Waals surface area (Å²) >= 11 is 0. The monoisotopic (exact) mass is 390 g/mol. The molecule has 0 saturated heterocycles. The van der Waals surface area contributed by atoms with Gasteiger partial charge >= 0.3 is 6.18 Å². The second kappa shape index (κ2) is 9.74. The van der Waals surface area contributed by atoms with Crippen molar-refractivity contribution < 1.29 is 27.7 Å². The Morgan fingerprint density at radius 2 is 1.93 bits per heavy atom. The third kappa shape index (κ3) is 7.12. The molecule has 1 aromatic rings. The van der Waals surface area contributed by atoms with E-state index >= 15 is 0 Å². The quantitative estimate of drug-likeness (QED) is 0.443. The molecule has 27 heavy (non-hydrogen) atoms. The van der Waals surface area contributed by atoms with Crippen LogP contribution in [0.1, 0.15) is 32.3 Å². The maximum atomic E-state index is 12.7. The van der Waals surface area contributed by atoms with E-state index in [1.54, 1.807) is 0 Å². The highest BCUT2D eigenvalue weighted by Crippen LogP contribution is 2.34. The van der Waals surface area contributed by atoms with Crippen molar-refractivity contribution in [2.45, 2.75) is 38.9 Å². The fraction of sp³-hybridized carbons (Fsp3) is 0.500. The van der Waals surface area contributed by atoms with Gasteiger partial charge in [-0.3, -0.25) is 19.7 Å². The molecule has 0 unspecified atom stereocenters. The number of nitrogens with zero attached hydrogens (tertiary/aromatic N) is 1. The van der Waals surface area contributed by atoms with Crippen LogP contribution in [0.5, 0.6) is 0 Å². The van der Waals surface area contributed by atoms with Gasteiger partial charge in [-0.25, -0.2) is 0 Å². The van der Waals surface area contributed by atoms with E-state index in [0.717, 1.165) is 18.6 Å². The Balaban J connectivity index is 2.62. The smallest absolute Gasteiger partial charge is 0.379 e. The molecule has 3 N–H and O–H groups in total. The second-order valence-corrected chi connectivity index (χ2v) is 5.74. The molecule has 2 amide bonds. The number of hydrogen-bond donors (Lipinski definition) is 3. The van der Waals surface area contributed by atoms with Gasteiger partial charge in [0.2, 0.25) is 11.8 Å². The third-order valence-corrected chi connectivity index (χ3v) is 3.51. The van der Waals surface area contributed by atoms with Gasteiger partial charge in [0.15, 0.2) is 0 Å². The van der Waals surface area contributed by atoms with Crippen LogP contribution in [0.2, 0.25) is 0 Å². The summed E-state index contributed by atoms with van der Waals surface area (Å²) in [7, 11) is 0. The first kappa shape index (κ1) is 22.2. The van der Waals surface area contributed by atoms with E-state index in [-0.39, 0.29) is 24.6 Å². The van der Waals surface area contributed by atoms with Crippen LogP contribution >= 0.6 is 0 Å². The van der Waals surface area contributed by atoms with Crippen molar-refractivity contribution >= 4 is 23.2 Å². The van der Waals surface area contributed by atoms with Crippen molar-refractivity contribution in [2.24, 2.45) is 0 Å². The van der Waals surface area contributed by atoms with Gasteiger partial charge in [0, 0.05) is 25.6 Å². The van der Waals surface area contributed by atoms with Gasteiger partial charge in [-0.2, -0.15) is 13.2 Å². The summed E-state index contributed by atoms with van der Waals surface area (Å²) in [6.45, 7) is 3.83. The average Bonchev–Trinajstić information content (AvgIpc) is 2.58. The van der Waals surface area contributed by atoms with Gasteiger partial charge in [0.1, 0.15) is 11.7 Å². The van der Waals surface area contributed by atoms with Crippen molar-refractivity contribution in [3.05, 3.63) is 33.9 Å². The van der Waals surface area contributed by atoms with Gasteiger partial charge in [-0.05, 0) is 25.5 Å². The zero-order valence-corrected chi connectivity index (χ0v) is 14.9. The maximum Gasteiger partial charge on any atom is 0.416 e. The highest BCUT2D eigenvalue weighted by Gasteiger charge is 2.33. The molecule has 0 aliphatic carbocycles. The molecule has 150 valence electrons. The fourth-order valence-electron chi connectivity index (χ4n) is 2.10. The van der Waals surface area contributed by atoms with Gasteiger partial charge in [0.25, 0.3) is 5.69 Å². The molecule has 0 heterocycles. The lowest BCUT2D eigenvalue weighted by molar-refractivity contribution is -0.384. The summed E-state index contributed by atoms with van der Waals surface area (Å²) < 4.78 is 38.0. The average molecular weight is 390 g/mol. The van der Waals surface area contributed by atoms with Gasteiger partial charge in [0.05, 0.1) is 10.5 Å². The molecule has 0 fully saturated rings. The van der Waals surface area contributed by atoms with Crippen LogP contribution in [0.25, 0.3) is 0 Å². The number of nitrogens with one attached hydrogen (secondary N) is 3. The summed E-state index contributed by atoms with van der Waals surface area (Å²) in [6, 6.07) is 1.35. The lowest BCUT2D eigenvalue weighted by Crippen LogP contribution is -2.45. The first-order chi connectivity index (χ1) is 12.6. The summed E-state index contributed by atoms with van der Waals surface area (Å²) in [5, 5.41) is 18.6. The van der Waals surface area contributed by atoms with Crippen LogP contribution < -0.4 is 16.0 Å². The summed E-state index contributed by atoms with van der Waals surface area (Å²) in [4.78, 5) is 33.5. The molecule has 1 aromatic carbocycles. The summed E-state index contributed by atoms with van der Waals surface area (Å²) in [5.41, 5.74) is -2.00. The van der Waals surface area contributed by atoms with Crippen LogP contribution in [0.4, 0.5) is 24.5 Å². The van der Waals surface area contributed by atoms with Crippen LogP contribution in [-0.2, 0) is 15.8 Å². The van der Waals surface area contributed by atoms with Crippen molar-refractivity contribution in [3.8, 4) is 0 Å². The number of benzene rings is 1. The van der Waals surface area contributed by atoms with E-state index in [4.69, 9.17) is 0 Å². The molecule has 11 heteroatoms. The fourth-order valence-corrected chi connectivity index (χ4v) is 2.10. The molecular formula is C16H21F3N4O4. The van der Waals surface area contributed by atoms with Gasteiger partial charge < -0.3 is 16.0 Å². The van der Waals surface area contributed by atoms with Gasteiger partial charge in [-0.1, -0.05) is 6.92 Å². The molecule has 0 aromatic heterocycles. The standard InChI is InChI=1S/C16H21F3N4O4/c1-3-7-21-15(25)10(2)22-14(24)6-8-20-12-5-4-11(16(17,18)19)9-13(12)23(26)27/h4-5,9-10,20H,3,6-8H2,1-2H3,(H,21,25)(H,22,24)/t10-/m1/s1. The Morgan fingerprint density at radius 3 is 2.48 bits per heavy atom. The van der Waals surface area contributed by atoms with E-state index in [2.05, 4.69) is 16.0 Å². The Kier molecular flexibility index (Phi) is 8.00. The number of carbonyl (C=O) groups is 2. The van der Waals surface area contributed by atoms with E-state index in [9.17, 15) is 32.9 Å². The van der Waals surface area contributed by atoms with Crippen molar-refractivity contribution in [1.82, 2.24) is 10.6 Å². The first-order valence-electron chi connectivity index (χ1n) is 8.22. The molecule has 1 rings (SSSR count). The topological polar surface area (TPSA) is 113 Å². The zero-order valence-electron chi connectivity index (χ0n) is 14.9. The highest BCUT2D eigenvalue weighted by atomic mass is 19.4. The number of anilines is 1. The predicted molar refractivity (Wildman–Crippen MR) is 92.1 cm³/mol. The Labute approximate surface area is 153 Å². The minimum Gasteiger partial charge on any atom is -0.379 e.